The zero-order chi connectivity index (χ0) is 12.4. The molecule has 1 aliphatic carbocycles. The van der Waals surface area contributed by atoms with Gasteiger partial charge in [-0.2, -0.15) is 0 Å². The number of hydrogen-bond acceptors (Lipinski definition) is 3. The molecule has 3 rings (SSSR count). The lowest BCUT2D eigenvalue weighted by Crippen LogP contribution is -2.33. The van der Waals surface area contributed by atoms with E-state index in [9.17, 15) is 0 Å². The van der Waals surface area contributed by atoms with Crippen LogP contribution >= 0.6 is 0 Å². The second kappa shape index (κ2) is 5.29. The van der Waals surface area contributed by atoms with Crippen molar-refractivity contribution in [2.24, 2.45) is 0 Å². The predicted molar refractivity (Wildman–Crippen MR) is 73.9 cm³/mol. The summed E-state index contributed by atoms with van der Waals surface area (Å²) in [7, 11) is 2.19. The molecule has 1 saturated carbocycles. The van der Waals surface area contributed by atoms with Crippen LogP contribution in [-0.2, 0) is 11.3 Å². The van der Waals surface area contributed by atoms with Gasteiger partial charge < -0.3 is 15.0 Å². The summed E-state index contributed by atoms with van der Waals surface area (Å²) in [6, 6.07) is 10.0. The predicted octanol–water partition coefficient (Wildman–Crippen LogP) is 2.16. The maximum atomic E-state index is 5.49. The van der Waals surface area contributed by atoms with Gasteiger partial charge in [-0.1, -0.05) is 18.2 Å². The molecule has 1 aromatic carbocycles. The molecule has 0 radical (unpaired) electrons. The smallest absolute Gasteiger partial charge is 0.0670 e. The number of ether oxygens (including phenoxy) is 1. The van der Waals surface area contributed by atoms with Gasteiger partial charge in [-0.15, -0.1) is 0 Å². The van der Waals surface area contributed by atoms with E-state index in [0.717, 1.165) is 32.2 Å². The molecule has 1 heterocycles. The highest BCUT2D eigenvalue weighted by atomic mass is 16.5. The van der Waals surface area contributed by atoms with Gasteiger partial charge >= 0.3 is 0 Å². The fraction of sp³-hybridized carbons (Fsp3) is 0.600. The number of hydrogen-bond donors (Lipinski definition) is 1. The van der Waals surface area contributed by atoms with Crippen molar-refractivity contribution in [3.63, 3.8) is 0 Å². The molecule has 18 heavy (non-hydrogen) atoms. The van der Waals surface area contributed by atoms with E-state index >= 15 is 0 Å². The molecule has 2 fully saturated rings. The van der Waals surface area contributed by atoms with Crippen LogP contribution in [0.5, 0.6) is 0 Å². The Morgan fingerprint density at radius 2 is 2.11 bits per heavy atom. The maximum absolute atomic E-state index is 5.49. The summed E-state index contributed by atoms with van der Waals surface area (Å²) in [4.78, 5) is 2.39. The number of nitrogens with one attached hydrogen (secondary N) is 1. The highest BCUT2D eigenvalue weighted by molar-refractivity contribution is 5.54. The third kappa shape index (κ3) is 2.68. The highest BCUT2D eigenvalue weighted by Crippen LogP contribution is 2.26. The van der Waals surface area contributed by atoms with Crippen LogP contribution < -0.4 is 10.2 Å². The van der Waals surface area contributed by atoms with Crippen molar-refractivity contribution in [1.82, 2.24) is 5.32 Å². The first-order valence-corrected chi connectivity index (χ1v) is 6.96. The first-order valence-electron chi connectivity index (χ1n) is 6.96. The van der Waals surface area contributed by atoms with Gasteiger partial charge in [0.2, 0.25) is 0 Å². The molecular formula is C15H22N2O. The van der Waals surface area contributed by atoms with Gasteiger partial charge in [0.05, 0.1) is 12.6 Å². The molecule has 2 aliphatic rings. The molecule has 98 valence electrons. The van der Waals surface area contributed by atoms with E-state index in [0.29, 0.717) is 6.04 Å². The molecule has 0 aromatic heterocycles. The average Bonchev–Trinajstić information content (AvgIpc) is 3.08. The average molecular weight is 246 g/mol. The van der Waals surface area contributed by atoms with Gasteiger partial charge in [0.25, 0.3) is 0 Å². The number of nitrogens with zero attached hydrogens (tertiary/aromatic N) is 1. The third-order valence-corrected chi connectivity index (χ3v) is 3.98. The van der Waals surface area contributed by atoms with Crippen molar-refractivity contribution in [2.75, 3.05) is 25.2 Å². The lowest BCUT2D eigenvalue weighted by atomic mass is 10.1. The molecule has 1 saturated heterocycles. The van der Waals surface area contributed by atoms with E-state index < -0.39 is 0 Å². The van der Waals surface area contributed by atoms with Crippen LogP contribution in [0.25, 0.3) is 0 Å². The quantitative estimate of drug-likeness (QED) is 0.861. The molecule has 0 amide bonds. The Labute approximate surface area is 109 Å². The second-order valence-electron chi connectivity index (χ2n) is 5.41. The lowest BCUT2D eigenvalue weighted by molar-refractivity contribution is 0.193. The van der Waals surface area contributed by atoms with Crippen molar-refractivity contribution >= 4 is 5.69 Å². The summed E-state index contributed by atoms with van der Waals surface area (Å²) in [6.45, 7) is 2.75. The van der Waals surface area contributed by atoms with Crippen molar-refractivity contribution in [3.05, 3.63) is 29.8 Å². The largest absolute Gasteiger partial charge is 0.379 e. The molecule has 0 spiro atoms. The minimum absolute atomic E-state index is 0.534. The number of para-hydroxylation sites is 1. The fourth-order valence-corrected chi connectivity index (χ4v) is 2.57. The van der Waals surface area contributed by atoms with Crippen LogP contribution in [-0.4, -0.2) is 32.3 Å². The van der Waals surface area contributed by atoms with Crippen LogP contribution in [0.1, 0.15) is 24.8 Å². The van der Waals surface area contributed by atoms with Crippen LogP contribution in [0.15, 0.2) is 24.3 Å². The van der Waals surface area contributed by atoms with Crippen LogP contribution in [0.3, 0.4) is 0 Å². The Hall–Kier alpha value is -1.06. The van der Waals surface area contributed by atoms with Gasteiger partial charge in [0, 0.05) is 31.9 Å². The summed E-state index contributed by atoms with van der Waals surface area (Å²) in [5, 5.41) is 3.60. The molecule has 1 aromatic rings. The maximum Gasteiger partial charge on any atom is 0.0670 e. The summed E-state index contributed by atoms with van der Waals surface area (Å²) >= 11 is 0. The monoisotopic (exact) mass is 246 g/mol. The van der Waals surface area contributed by atoms with Crippen LogP contribution in [0.2, 0.25) is 0 Å². The summed E-state index contributed by atoms with van der Waals surface area (Å²) in [6.07, 6.45) is 3.82. The topological polar surface area (TPSA) is 24.5 Å². The fourth-order valence-electron chi connectivity index (χ4n) is 2.57. The number of benzene rings is 1. The van der Waals surface area contributed by atoms with E-state index in [1.54, 1.807) is 0 Å². The van der Waals surface area contributed by atoms with E-state index in [4.69, 9.17) is 4.74 Å². The third-order valence-electron chi connectivity index (χ3n) is 3.98. The molecular weight excluding hydrogens is 224 g/mol. The molecule has 1 aliphatic heterocycles. The first kappa shape index (κ1) is 12.0. The van der Waals surface area contributed by atoms with E-state index in [-0.39, 0.29) is 0 Å². The number of likely N-dealkylation sites (N-methyl/N-ethyl adjacent to an activating group) is 1. The Balaban J connectivity index is 1.71. The second-order valence-corrected chi connectivity index (χ2v) is 5.41. The minimum atomic E-state index is 0.534. The number of anilines is 1. The van der Waals surface area contributed by atoms with E-state index in [1.165, 1.54) is 24.1 Å². The highest BCUT2D eigenvalue weighted by Gasteiger charge is 2.23. The van der Waals surface area contributed by atoms with Crippen molar-refractivity contribution in [2.45, 2.75) is 37.9 Å². The molecule has 0 bridgehead atoms. The Morgan fingerprint density at radius 1 is 1.28 bits per heavy atom. The Bertz CT molecular complexity index is 397. The van der Waals surface area contributed by atoms with Crippen LogP contribution in [0.4, 0.5) is 5.69 Å². The van der Waals surface area contributed by atoms with Crippen molar-refractivity contribution in [3.8, 4) is 0 Å². The van der Waals surface area contributed by atoms with E-state index in [1.807, 2.05) is 0 Å². The molecule has 1 atom stereocenters. The van der Waals surface area contributed by atoms with Gasteiger partial charge in [-0.25, -0.2) is 0 Å². The van der Waals surface area contributed by atoms with E-state index in [2.05, 4.69) is 41.5 Å². The Morgan fingerprint density at radius 3 is 2.83 bits per heavy atom. The zero-order valence-electron chi connectivity index (χ0n) is 11.1. The molecule has 3 nitrogen and oxygen atoms in total. The molecule has 1 N–H and O–H groups in total. The summed E-state index contributed by atoms with van der Waals surface area (Å²) in [5.41, 5.74) is 2.75. The van der Waals surface area contributed by atoms with Crippen molar-refractivity contribution in [1.29, 1.82) is 0 Å². The van der Waals surface area contributed by atoms with Gasteiger partial charge in [0.1, 0.15) is 0 Å². The zero-order valence-corrected chi connectivity index (χ0v) is 11.1. The van der Waals surface area contributed by atoms with Crippen LogP contribution in [0, 0.1) is 0 Å². The standard InChI is InChI=1S/C15H22N2O/c1-17(14-8-9-18-11-14)15-5-3-2-4-12(15)10-16-13-6-7-13/h2-5,13-14,16H,6-11H2,1H3. The summed E-state index contributed by atoms with van der Waals surface area (Å²) < 4.78 is 5.49. The molecule has 1 unspecified atom stereocenters. The Kier molecular flexibility index (Phi) is 3.52. The van der Waals surface area contributed by atoms with Gasteiger partial charge in [-0.05, 0) is 30.9 Å². The first-order chi connectivity index (χ1) is 8.84. The minimum Gasteiger partial charge on any atom is -0.379 e. The normalized spacial score (nSPS) is 23.3. The van der Waals surface area contributed by atoms with Gasteiger partial charge in [0.15, 0.2) is 0 Å². The van der Waals surface area contributed by atoms with Gasteiger partial charge in [-0.3, -0.25) is 0 Å². The number of rotatable bonds is 5. The summed E-state index contributed by atoms with van der Waals surface area (Å²) in [5.74, 6) is 0. The van der Waals surface area contributed by atoms with Crippen molar-refractivity contribution < 1.29 is 4.74 Å². The molecule has 3 heteroatoms. The lowest BCUT2D eigenvalue weighted by Gasteiger charge is -2.27. The SMILES string of the molecule is CN(c1ccccc1CNC1CC1)C1CCOC1.